The predicted octanol–water partition coefficient (Wildman–Crippen LogP) is 4.06. The van der Waals surface area contributed by atoms with Crippen molar-refractivity contribution in [3.63, 3.8) is 0 Å². The average Bonchev–Trinajstić information content (AvgIpc) is 2.95. The van der Waals surface area contributed by atoms with Crippen LogP contribution in [0, 0.1) is 11.8 Å². The van der Waals surface area contributed by atoms with Gasteiger partial charge in [0.25, 0.3) is 0 Å². The molecule has 0 bridgehead atoms. The van der Waals surface area contributed by atoms with Crippen LogP contribution < -0.4 is 5.32 Å². The molecule has 1 N–H and O–H groups in total. The van der Waals surface area contributed by atoms with Gasteiger partial charge in [-0.15, -0.1) is 11.3 Å². The number of amides is 1. The maximum atomic E-state index is 11.8. The molecule has 1 aliphatic rings. The SMILES string of the molecule is C[C@@H]1C[C@H]1C(=O)Nc1nc(-c2ccc(Cl)cc2)cs1. The van der Waals surface area contributed by atoms with Crippen LogP contribution in [0.3, 0.4) is 0 Å². The minimum atomic E-state index is 0.0875. The lowest BCUT2D eigenvalue weighted by Crippen LogP contribution is -2.14. The maximum absolute atomic E-state index is 11.8. The summed E-state index contributed by atoms with van der Waals surface area (Å²) in [6, 6.07) is 7.51. The Morgan fingerprint density at radius 1 is 1.42 bits per heavy atom. The van der Waals surface area contributed by atoms with Gasteiger partial charge in [-0.2, -0.15) is 0 Å². The molecule has 1 saturated carbocycles. The molecule has 19 heavy (non-hydrogen) atoms. The third-order valence-corrected chi connectivity index (χ3v) is 4.33. The molecule has 1 aromatic heterocycles. The molecule has 0 aliphatic heterocycles. The van der Waals surface area contributed by atoms with Gasteiger partial charge in [0.05, 0.1) is 5.69 Å². The Labute approximate surface area is 120 Å². The van der Waals surface area contributed by atoms with E-state index >= 15 is 0 Å². The average molecular weight is 293 g/mol. The van der Waals surface area contributed by atoms with Crippen molar-refractivity contribution in [3.05, 3.63) is 34.7 Å². The van der Waals surface area contributed by atoms with E-state index in [-0.39, 0.29) is 11.8 Å². The van der Waals surface area contributed by atoms with Crippen LogP contribution in [-0.4, -0.2) is 10.9 Å². The van der Waals surface area contributed by atoms with E-state index in [0.29, 0.717) is 16.1 Å². The first-order chi connectivity index (χ1) is 9.13. The second kappa shape index (κ2) is 4.94. The Kier molecular flexibility index (Phi) is 3.29. The highest BCUT2D eigenvalue weighted by Gasteiger charge is 2.39. The minimum absolute atomic E-state index is 0.0875. The maximum Gasteiger partial charge on any atom is 0.229 e. The van der Waals surface area contributed by atoms with E-state index in [0.717, 1.165) is 17.7 Å². The van der Waals surface area contributed by atoms with E-state index in [1.54, 1.807) is 0 Å². The van der Waals surface area contributed by atoms with Gasteiger partial charge in [0.15, 0.2) is 5.13 Å². The Hall–Kier alpha value is -1.39. The van der Waals surface area contributed by atoms with E-state index < -0.39 is 0 Å². The molecule has 1 aliphatic carbocycles. The Morgan fingerprint density at radius 3 is 2.74 bits per heavy atom. The third kappa shape index (κ3) is 2.80. The fourth-order valence-electron chi connectivity index (χ4n) is 1.97. The molecule has 0 spiro atoms. The van der Waals surface area contributed by atoms with Gasteiger partial charge in [0, 0.05) is 21.9 Å². The number of carbonyl (C=O) groups is 1. The van der Waals surface area contributed by atoms with E-state index in [1.165, 1.54) is 11.3 Å². The predicted molar refractivity (Wildman–Crippen MR) is 78.5 cm³/mol. The van der Waals surface area contributed by atoms with Crippen LogP contribution in [0.15, 0.2) is 29.6 Å². The van der Waals surface area contributed by atoms with Gasteiger partial charge in [0.1, 0.15) is 0 Å². The number of carbonyl (C=O) groups excluding carboxylic acids is 1. The standard InChI is InChI=1S/C14H13ClN2OS/c1-8-6-11(8)13(18)17-14-16-12(7-19-14)9-2-4-10(15)5-3-9/h2-5,7-8,11H,6H2,1H3,(H,16,17,18)/t8-,11-/m1/s1. The second-order valence-corrected chi connectivity index (χ2v) is 6.15. The van der Waals surface area contributed by atoms with Crippen LogP contribution in [-0.2, 0) is 4.79 Å². The van der Waals surface area contributed by atoms with Crippen molar-refractivity contribution >= 4 is 34.0 Å². The van der Waals surface area contributed by atoms with Crippen LogP contribution in [0.25, 0.3) is 11.3 Å². The quantitative estimate of drug-likeness (QED) is 0.927. The van der Waals surface area contributed by atoms with Gasteiger partial charge < -0.3 is 5.32 Å². The lowest BCUT2D eigenvalue weighted by molar-refractivity contribution is -0.117. The summed E-state index contributed by atoms with van der Waals surface area (Å²) in [6.45, 7) is 2.09. The zero-order valence-corrected chi connectivity index (χ0v) is 12.0. The fraction of sp³-hybridized carbons (Fsp3) is 0.286. The van der Waals surface area contributed by atoms with Crippen LogP contribution >= 0.6 is 22.9 Å². The molecule has 98 valence electrons. The molecule has 5 heteroatoms. The largest absolute Gasteiger partial charge is 0.302 e. The van der Waals surface area contributed by atoms with Crippen molar-refractivity contribution in [3.8, 4) is 11.3 Å². The summed E-state index contributed by atoms with van der Waals surface area (Å²) in [5, 5.41) is 6.18. The molecule has 0 saturated heterocycles. The smallest absolute Gasteiger partial charge is 0.229 e. The van der Waals surface area contributed by atoms with Gasteiger partial charge >= 0.3 is 0 Å². The van der Waals surface area contributed by atoms with Crippen molar-refractivity contribution in [2.45, 2.75) is 13.3 Å². The molecule has 1 fully saturated rings. The van der Waals surface area contributed by atoms with Gasteiger partial charge in [-0.05, 0) is 24.5 Å². The Morgan fingerprint density at radius 2 is 2.11 bits per heavy atom. The normalized spacial score (nSPS) is 21.2. The summed E-state index contributed by atoms with van der Waals surface area (Å²) in [5.41, 5.74) is 1.86. The number of aromatic nitrogens is 1. The van der Waals surface area contributed by atoms with E-state index in [1.807, 2.05) is 29.6 Å². The molecule has 3 nitrogen and oxygen atoms in total. The monoisotopic (exact) mass is 292 g/mol. The molecular formula is C14H13ClN2OS. The topological polar surface area (TPSA) is 42.0 Å². The summed E-state index contributed by atoms with van der Waals surface area (Å²) in [4.78, 5) is 16.2. The molecule has 1 amide bonds. The zero-order chi connectivity index (χ0) is 13.4. The van der Waals surface area contributed by atoms with Gasteiger partial charge in [-0.1, -0.05) is 30.7 Å². The summed E-state index contributed by atoms with van der Waals surface area (Å²) in [6.07, 6.45) is 0.987. The Balaban J connectivity index is 1.72. The minimum Gasteiger partial charge on any atom is -0.302 e. The molecule has 1 aromatic carbocycles. The van der Waals surface area contributed by atoms with Crippen molar-refractivity contribution in [2.75, 3.05) is 5.32 Å². The number of rotatable bonds is 3. The first-order valence-corrected chi connectivity index (χ1v) is 7.41. The first kappa shape index (κ1) is 12.6. The molecule has 2 aromatic rings. The molecule has 1 heterocycles. The van der Waals surface area contributed by atoms with Crippen LogP contribution in [0.2, 0.25) is 5.02 Å². The van der Waals surface area contributed by atoms with Crippen molar-refractivity contribution in [2.24, 2.45) is 11.8 Å². The zero-order valence-electron chi connectivity index (χ0n) is 10.4. The highest BCUT2D eigenvalue weighted by Crippen LogP contribution is 2.38. The lowest BCUT2D eigenvalue weighted by Gasteiger charge is -1.99. The summed E-state index contributed by atoms with van der Waals surface area (Å²) in [7, 11) is 0. The van der Waals surface area contributed by atoms with Crippen molar-refractivity contribution < 1.29 is 4.79 Å². The molecule has 0 unspecified atom stereocenters. The van der Waals surface area contributed by atoms with Gasteiger partial charge in [-0.25, -0.2) is 4.98 Å². The number of hydrogen-bond acceptors (Lipinski definition) is 3. The highest BCUT2D eigenvalue weighted by atomic mass is 35.5. The summed E-state index contributed by atoms with van der Waals surface area (Å²) >= 11 is 7.30. The third-order valence-electron chi connectivity index (χ3n) is 3.32. The fourth-order valence-corrected chi connectivity index (χ4v) is 2.82. The number of nitrogens with zero attached hydrogens (tertiary/aromatic N) is 1. The number of benzene rings is 1. The number of hydrogen-bond donors (Lipinski definition) is 1. The Bertz CT molecular complexity index is 608. The first-order valence-electron chi connectivity index (χ1n) is 6.16. The number of nitrogens with one attached hydrogen (secondary N) is 1. The molecule has 3 rings (SSSR count). The number of halogens is 1. The molecule has 2 atom stereocenters. The van der Waals surface area contributed by atoms with Crippen LogP contribution in [0.5, 0.6) is 0 Å². The van der Waals surface area contributed by atoms with Crippen LogP contribution in [0.4, 0.5) is 5.13 Å². The summed E-state index contributed by atoms with van der Waals surface area (Å²) < 4.78 is 0. The van der Waals surface area contributed by atoms with Gasteiger partial charge in [-0.3, -0.25) is 4.79 Å². The van der Waals surface area contributed by atoms with E-state index in [4.69, 9.17) is 11.6 Å². The van der Waals surface area contributed by atoms with Gasteiger partial charge in [0.2, 0.25) is 5.91 Å². The lowest BCUT2D eigenvalue weighted by atomic mass is 10.2. The van der Waals surface area contributed by atoms with Crippen LogP contribution in [0.1, 0.15) is 13.3 Å². The van der Waals surface area contributed by atoms with E-state index in [2.05, 4.69) is 17.2 Å². The number of thiazole rings is 1. The molecular weight excluding hydrogens is 280 g/mol. The van der Waals surface area contributed by atoms with E-state index in [9.17, 15) is 4.79 Å². The van der Waals surface area contributed by atoms with Crippen molar-refractivity contribution in [1.29, 1.82) is 0 Å². The summed E-state index contributed by atoms with van der Waals surface area (Å²) in [5.74, 6) is 0.767. The second-order valence-electron chi connectivity index (χ2n) is 4.85. The molecule has 0 radical (unpaired) electrons. The highest BCUT2D eigenvalue weighted by molar-refractivity contribution is 7.14. The number of anilines is 1. The van der Waals surface area contributed by atoms with Crippen molar-refractivity contribution in [1.82, 2.24) is 4.98 Å².